The SMILES string of the molecule is O=C(O)CCCC(=O)NC1C(=O)N2C(C(=O)[O-])=C(C[n+]3ccccc3)CSC12. The van der Waals surface area contributed by atoms with Gasteiger partial charge in [-0.3, -0.25) is 19.3 Å². The molecule has 0 spiro atoms. The van der Waals surface area contributed by atoms with E-state index in [9.17, 15) is 24.3 Å². The summed E-state index contributed by atoms with van der Waals surface area (Å²) < 4.78 is 1.81. The first kappa shape index (κ1) is 19.9. The van der Waals surface area contributed by atoms with Crippen LogP contribution in [-0.2, 0) is 25.7 Å². The van der Waals surface area contributed by atoms with Crippen molar-refractivity contribution in [1.29, 1.82) is 0 Å². The number of carbonyl (C=O) groups excluding carboxylic acids is 3. The van der Waals surface area contributed by atoms with Gasteiger partial charge in [-0.15, -0.1) is 11.8 Å². The van der Waals surface area contributed by atoms with E-state index in [0.29, 0.717) is 17.9 Å². The molecule has 0 aliphatic carbocycles. The fourth-order valence-electron chi connectivity index (χ4n) is 3.20. The van der Waals surface area contributed by atoms with Crippen LogP contribution in [0.4, 0.5) is 0 Å². The molecule has 2 unspecified atom stereocenters. The smallest absolute Gasteiger partial charge is 0.303 e. The summed E-state index contributed by atoms with van der Waals surface area (Å²) in [7, 11) is 0. The monoisotopic (exact) mass is 405 g/mol. The average molecular weight is 405 g/mol. The predicted molar refractivity (Wildman–Crippen MR) is 95.2 cm³/mol. The van der Waals surface area contributed by atoms with Crippen molar-refractivity contribution >= 4 is 35.5 Å². The lowest BCUT2D eigenvalue weighted by Crippen LogP contribution is -2.71. The summed E-state index contributed by atoms with van der Waals surface area (Å²) >= 11 is 1.38. The normalized spacial score (nSPS) is 21.0. The molecule has 2 aliphatic heterocycles. The number of nitrogens with one attached hydrogen (secondary N) is 1. The Morgan fingerprint density at radius 2 is 1.96 bits per heavy atom. The van der Waals surface area contributed by atoms with E-state index < -0.39 is 35.2 Å². The highest BCUT2D eigenvalue weighted by Gasteiger charge is 2.53. The molecular formula is C18H19N3O6S. The number of fused-ring (bicyclic) bond motifs is 1. The van der Waals surface area contributed by atoms with Crippen molar-refractivity contribution in [1.82, 2.24) is 10.2 Å². The first-order valence-electron chi connectivity index (χ1n) is 8.71. The van der Waals surface area contributed by atoms with Gasteiger partial charge in [-0.25, -0.2) is 4.57 Å². The van der Waals surface area contributed by atoms with Crippen molar-refractivity contribution in [2.24, 2.45) is 0 Å². The van der Waals surface area contributed by atoms with Crippen LogP contribution in [0, 0.1) is 0 Å². The molecule has 0 bridgehead atoms. The number of thioether (sulfide) groups is 1. The molecule has 0 aromatic carbocycles. The zero-order valence-corrected chi connectivity index (χ0v) is 15.7. The van der Waals surface area contributed by atoms with Gasteiger partial charge in [0, 0.05) is 36.3 Å². The Balaban J connectivity index is 1.68. The van der Waals surface area contributed by atoms with Crippen LogP contribution in [0.5, 0.6) is 0 Å². The summed E-state index contributed by atoms with van der Waals surface area (Å²) in [4.78, 5) is 47.8. The number of nitrogens with zero attached hydrogens (tertiary/aromatic N) is 2. The summed E-state index contributed by atoms with van der Waals surface area (Å²) in [6.07, 6.45) is 3.64. The molecule has 2 amide bonds. The van der Waals surface area contributed by atoms with Crippen molar-refractivity contribution in [3.63, 3.8) is 0 Å². The van der Waals surface area contributed by atoms with E-state index in [2.05, 4.69) is 5.32 Å². The first-order chi connectivity index (χ1) is 13.4. The van der Waals surface area contributed by atoms with Crippen molar-refractivity contribution in [2.75, 3.05) is 5.75 Å². The van der Waals surface area contributed by atoms with Gasteiger partial charge in [0.05, 0.1) is 11.7 Å². The van der Waals surface area contributed by atoms with Crippen LogP contribution >= 0.6 is 11.8 Å². The topological polar surface area (TPSA) is 131 Å². The standard InChI is InChI=1S/C18H19N3O6S/c22-12(5-4-6-13(23)24)19-14-16(25)21-15(18(26)27)11(10-28-17(14)21)9-20-7-2-1-3-8-20/h1-3,7-8,14,17H,4-6,9-10H2,(H2-,19,22,23,24,26,27). The van der Waals surface area contributed by atoms with Crippen molar-refractivity contribution in [3.8, 4) is 0 Å². The van der Waals surface area contributed by atoms with E-state index >= 15 is 0 Å². The fourth-order valence-corrected chi connectivity index (χ4v) is 4.53. The van der Waals surface area contributed by atoms with Gasteiger partial charge in [0.2, 0.25) is 5.91 Å². The zero-order chi connectivity index (χ0) is 20.3. The molecule has 1 saturated heterocycles. The number of hydrogen-bond acceptors (Lipinski definition) is 6. The van der Waals surface area contributed by atoms with Gasteiger partial charge in [-0.05, 0) is 6.42 Å². The molecule has 10 heteroatoms. The highest BCUT2D eigenvalue weighted by molar-refractivity contribution is 8.00. The minimum absolute atomic E-state index is 0.00739. The number of rotatable bonds is 8. The fraction of sp³-hybridized carbons (Fsp3) is 0.389. The summed E-state index contributed by atoms with van der Waals surface area (Å²) in [6.45, 7) is 0.319. The maximum Gasteiger partial charge on any atom is 0.303 e. The summed E-state index contributed by atoms with van der Waals surface area (Å²) in [5.74, 6) is -2.95. The Kier molecular flexibility index (Phi) is 5.98. The van der Waals surface area contributed by atoms with Crippen LogP contribution in [0.15, 0.2) is 41.9 Å². The first-order valence-corrected chi connectivity index (χ1v) is 9.76. The maximum absolute atomic E-state index is 12.5. The van der Waals surface area contributed by atoms with Gasteiger partial charge in [0.25, 0.3) is 5.91 Å². The quantitative estimate of drug-likeness (QED) is 0.403. The lowest BCUT2D eigenvalue weighted by atomic mass is 10.0. The molecule has 0 saturated carbocycles. The van der Waals surface area contributed by atoms with E-state index in [1.807, 2.05) is 22.8 Å². The van der Waals surface area contributed by atoms with E-state index in [-0.39, 0.29) is 25.0 Å². The Hall–Kier alpha value is -2.88. The van der Waals surface area contributed by atoms with Gasteiger partial charge >= 0.3 is 5.97 Å². The molecule has 0 radical (unpaired) electrons. The van der Waals surface area contributed by atoms with E-state index in [1.54, 1.807) is 12.4 Å². The van der Waals surface area contributed by atoms with Gasteiger partial charge in [-0.2, -0.15) is 0 Å². The molecular weight excluding hydrogens is 386 g/mol. The van der Waals surface area contributed by atoms with Gasteiger partial charge < -0.3 is 20.3 Å². The second-order valence-corrected chi connectivity index (χ2v) is 7.59. The molecule has 2 N–H and O–H groups in total. The van der Waals surface area contributed by atoms with Crippen LogP contribution < -0.4 is 15.0 Å². The number of aromatic nitrogens is 1. The minimum Gasteiger partial charge on any atom is -0.543 e. The second kappa shape index (κ2) is 8.42. The lowest BCUT2D eigenvalue weighted by Gasteiger charge is -2.50. The molecule has 148 valence electrons. The predicted octanol–water partition coefficient (Wildman–Crippen LogP) is -1.37. The highest BCUT2D eigenvalue weighted by atomic mass is 32.2. The number of aliphatic carboxylic acids is 2. The number of hydrogen-bond donors (Lipinski definition) is 2. The van der Waals surface area contributed by atoms with E-state index in [4.69, 9.17) is 5.11 Å². The highest BCUT2D eigenvalue weighted by Crippen LogP contribution is 2.40. The van der Waals surface area contributed by atoms with Crippen molar-refractivity contribution in [2.45, 2.75) is 37.2 Å². The Morgan fingerprint density at radius 1 is 1.25 bits per heavy atom. The zero-order valence-electron chi connectivity index (χ0n) is 14.9. The number of β-lactam (4-membered cyclic amide) rings is 1. The number of carbonyl (C=O) groups is 4. The van der Waals surface area contributed by atoms with Crippen molar-refractivity contribution < 1.29 is 34.0 Å². The van der Waals surface area contributed by atoms with Crippen molar-refractivity contribution in [3.05, 3.63) is 41.9 Å². The summed E-state index contributed by atoms with van der Waals surface area (Å²) in [5.41, 5.74) is 0.429. The molecule has 2 aliphatic rings. The molecule has 3 rings (SSSR count). The number of pyridine rings is 1. The number of carboxylic acids is 2. The van der Waals surface area contributed by atoms with Gasteiger partial charge in [0.1, 0.15) is 11.4 Å². The molecule has 1 aromatic heterocycles. The van der Waals surface area contributed by atoms with Crippen LogP contribution in [0.2, 0.25) is 0 Å². The van der Waals surface area contributed by atoms with Gasteiger partial charge in [-0.1, -0.05) is 6.07 Å². The minimum atomic E-state index is -1.42. The van der Waals surface area contributed by atoms with Gasteiger partial charge in [0.15, 0.2) is 18.9 Å². The molecule has 1 aromatic rings. The third-order valence-electron chi connectivity index (χ3n) is 4.50. The molecule has 2 atom stereocenters. The van der Waals surface area contributed by atoms with E-state index in [1.165, 1.54) is 16.7 Å². The largest absolute Gasteiger partial charge is 0.543 e. The Bertz CT molecular complexity index is 841. The third kappa shape index (κ3) is 4.16. The molecule has 1 fully saturated rings. The van der Waals surface area contributed by atoms with Crippen LogP contribution in [-0.4, -0.2) is 50.9 Å². The Labute approximate surface area is 165 Å². The Morgan fingerprint density at radius 3 is 2.61 bits per heavy atom. The number of carboxylic acid groups (broad SMARTS) is 2. The lowest BCUT2D eigenvalue weighted by molar-refractivity contribution is -0.689. The van der Waals surface area contributed by atoms with E-state index in [0.717, 1.165) is 0 Å². The molecule has 28 heavy (non-hydrogen) atoms. The van der Waals surface area contributed by atoms with Crippen LogP contribution in [0.1, 0.15) is 19.3 Å². The summed E-state index contributed by atoms with van der Waals surface area (Å²) in [6, 6.07) is 4.67. The van der Waals surface area contributed by atoms with Crippen LogP contribution in [0.25, 0.3) is 0 Å². The molecule has 9 nitrogen and oxygen atoms in total. The second-order valence-electron chi connectivity index (χ2n) is 6.49. The third-order valence-corrected chi connectivity index (χ3v) is 5.84. The molecule has 3 heterocycles. The number of amides is 2. The van der Waals surface area contributed by atoms with Crippen LogP contribution in [0.3, 0.4) is 0 Å². The average Bonchev–Trinajstić information content (AvgIpc) is 2.66. The maximum atomic E-state index is 12.5. The summed E-state index contributed by atoms with van der Waals surface area (Å²) in [5, 5.41) is 22.4.